The highest BCUT2D eigenvalue weighted by atomic mass is 32.2. The second-order valence-corrected chi connectivity index (χ2v) is 6.59. The Hall–Kier alpha value is -3.46. The summed E-state index contributed by atoms with van der Waals surface area (Å²) in [5.41, 5.74) is 0.898. The molecule has 0 aliphatic heterocycles. The number of hydrogen-bond acceptors (Lipinski definition) is 7. The Morgan fingerprint density at radius 2 is 1.96 bits per heavy atom. The normalized spacial score (nSPS) is 11.6. The highest BCUT2D eigenvalue weighted by Gasteiger charge is 2.20. The van der Waals surface area contributed by atoms with E-state index in [0.717, 1.165) is 0 Å². The summed E-state index contributed by atoms with van der Waals surface area (Å²) >= 11 is 1.37. The number of benzene rings is 1. The van der Waals surface area contributed by atoms with E-state index in [0.29, 0.717) is 38.6 Å². The van der Waals surface area contributed by atoms with Crippen LogP contribution in [0.1, 0.15) is 0 Å². The van der Waals surface area contributed by atoms with E-state index in [9.17, 15) is 9.90 Å². The van der Waals surface area contributed by atoms with Crippen LogP contribution in [-0.4, -0.2) is 40.5 Å². The Morgan fingerprint density at radius 3 is 2.74 bits per heavy atom. The van der Waals surface area contributed by atoms with Crippen molar-refractivity contribution in [3.05, 3.63) is 59.1 Å². The fourth-order valence-electron chi connectivity index (χ4n) is 3.14. The standard InChI is InChI=1S/C18H12N6O2S/c1-27-18-20-9-10-15(22-18)21-16-14-11(5-4-6-12(14)25)23(24(16)17(10)26)13-7-2-3-8-19-13/h2-9,25H,1H3. The lowest BCUT2D eigenvalue weighted by Crippen LogP contribution is -2.22. The molecule has 0 unspecified atom stereocenters. The van der Waals surface area contributed by atoms with E-state index in [-0.39, 0.29) is 11.3 Å². The summed E-state index contributed by atoms with van der Waals surface area (Å²) in [4.78, 5) is 30.7. The number of phenols is 1. The van der Waals surface area contributed by atoms with Crippen molar-refractivity contribution in [3.63, 3.8) is 0 Å². The maximum atomic E-state index is 13.3. The van der Waals surface area contributed by atoms with Crippen LogP contribution in [0.25, 0.3) is 33.4 Å². The summed E-state index contributed by atoms with van der Waals surface area (Å²) in [6.45, 7) is 0. The van der Waals surface area contributed by atoms with Crippen molar-refractivity contribution in [1.82, 2.24) is 29.1 Å². The van der Waals surface area contributed by atoms with Gasteiger partial charge in [0, 0.05) is 12.4 Å². The van der Waals surface area contributed by atoms with Crippen molar-refractivity contribution in [3.8, 4) is 11.6 Å². The van der Waals surface area contributed by atoms with Gasteiger partial charge in [-0.25, -0.2) is 24.6 Å². The van der Waals surface area contributed by atoms with Crippen molar-refractivity contribution in [1.29, 1.82) is 0 Å². The smallest absolute Gasteiger partial charge is 0.284 e. The van der Waals surface area contributed by atoms with Gasteiger partial charge in [-0.05, 0) is 30.5 Å². The molecule has 1 N–H and O–H groups in total. The van der Waals surface area contributed by atoms with Gasteiger partial charge in [0.2, 0.25) is 0 Å². The van der Waals surface area contributed by atoms with Gasteiger partial charge in [0.05, 0.1) is 10.9 Å². The molecule has 1 aromatic carbocycles. The van der Waals surface area contributed by atoms with Crippen LogP contribution in [0.4, 0.5) is 0 Å². The molecule has 0 aliphatic rings. The van der Waals surface area contributed by atoms with Gasteiger partial charge in [0.25, 0.3) is 5.56 Å². The van der Waals surface area contributed by atoms with Gasteiger partial charge in [-0.1, -0.05) is 23.9 Å². The van der Waals surface area contributed by atoms with E-state index in [1.54, 1.807) is 35.1 Å². The number of aromatic hydroxyl groups is 1. The Labute approximate surface area is 156 Å². The van der Waals surface area contributed by atoms with Gasteiger partial charge in [-0.3, -0.25) is 4.79 Å². The molecule has 0 saturated carbocycles. The highest BCUT2D eigenvalue weighted by Crippen LogP contribution is 2.31. The summed E-state index contributed by atoms with van der Waals surface area (Å²) in [6.07, 6.45) is 4.98. The lowest BCUT2D eigenvalue weighted by atomic mass is 10.2. The molecule has 0 radical (unpaired) electrons. The Bertz CT molecular complexity index is 1390. The van der Waals surface area contributed by atoms with E-state index in [4.69, 9.17) is 0 Å². The van der Waals surface area contributed by atoms with Gasteiger partial charge in [0.1, 0.15) is 11.1 Å². The van der Waals surface area contributed by atoms with Gasteiger partial charge in [-0.15, -0.1) is 0 Å². The molecule has 0 aliphatic carbocycles. The van der Waals surface area contributed by atoms with Gasteiger partial charge in [0.15, 0.2) is 22.3 Å². The Balaban J connectivity index is 2.06. The molecule has 9 heteroatoms. The molecule has 8 nitrogen and oxygen atoms in total. The molecule has 0 bridgehead atoms. The average molecular weight is 376 g/mol. The molecule has 0 spiro atoms. The zero-order valence-corrected chi connectivity index (χ0v) is 14.9. The molecule has 0 fully saturated rings. The monoisotopic (exact) mass is 376 g/mol. The van der Waals surface area contributed by atoms with Crippen molar-refractivity contribution < 1.29 is 5.11 Å². The van der Waals surface area contributed by atoms with E-state index in [2.05, 4.69) is 19.9 Å². The Kier molecular flexibility index (Phi) is 3.37. The molecule has 4 heterocycles. The number of hydrogen-bond donors (Lipinski definition) is 1. The third kappa shape index (κ3) is 2.21. The number of phenolic OH excluding ortho intramolecular Hbond substituents is 1. The van der Waals surface area contributed by atoms with Crippen molar-refractivity contribution in [2.75, 3.05) is 6.26 Å². The predicted molar refractivity (Wildman–Crippen MR) is 103 cm³/mol. The molecular weight excluding hydrogens is 364 g/mol. The molecule has 27 heavy (non-hydrogen) atoms. The van der Waals surface area contributed by atoms with Crippen LogP contribution in [-0.2, 0) is 0 Å². The first kappa shape index (κ1) is 15.8. The maximum Gasteiger partial charge on any atom is 0.284 e. The largest absolute Gasteiger partial charge is 0.507 e. The number of fused-ring (bicyclic) bond motifs is 4. The number of aromatic nitrogens is 6. The summed E-state index contributed by atoms with van der Waals surface area (Å²) in [5, 5.41) is 11.8. The minimum Gasteiger partial charge on any atom is -0.507 e. The lowest BCUT2D eigenvalue weighted by Gasteiger charge is -2.07. The number of nitrogens with zero attached hydrogens (tertiary/aromatic N) is 6. The van der Waals surface area contributed by atoms with Crippen LogP contribution in [0.5, 0.6) is 5.75 Å². The third-order valence-corrected chi connectivity index (χ3v) is 4.86. The van der Waals surface area contributed by atoms with Crippen LogP contribution < -0.4 is 5.56 Å². The van der Waals surface area contributed by atoms with E-state index < -0.39 is 0 Å². The van der Waals surface area contributed by atoms with E-state index >= 15 is 0 Å². The van der Waals surface area contributed by atoms with Crippen molar-refractivity contribution in [2.45, 2.75) is 5.16 Å². The Morgan fingerprint density at radius 1 is 1.07 bits per heavy atom. The molecule has 4 aromatic heterocycles. The fourth-order valence-corrected chi connectivity index (χ4v) is 3.48. The topological polar surface area (TPSA) is 98.2 Å². The van der Waals surface area contributed by atoms with Gasteiger partial charge in [-0.2, -0.15) is 4.52 Å². The third-order valence-electron chi connectivity index (χ3n) is 4.30. The maximum absolute atomic E-state index is 13.3. The molecule has 0 atom stereocenters. The number of thioether (sulfide) groups is 1. The zero-order chi connectivity index (χ0) is 18.5. The molecule has 0 amide bonds. The van der Waals surface area contributed by atoms with Crippen molar-refractivity contribution in [2.24, 2.45) is 0 Å². The van der Waals surface area contributed by atoms with Crippen LogP contribution in [0.15, 0.2) is 58.7 Å². The molecular formula is C18H12N6O2S. The van der Waals surface area contributed by atoms with Gasteiger partial charge < -0.3 is 5.11 Å². The first-order valence-corrected chi connectivity index (χ1v) is 9.29. The predicted octanol–water partition coefficient (Wildman–Crippen LogP) is 2.40. The number of rotatable bonds is 2. The van der Waals surface area contributed by atoms with Crippen LogP contribution >= 0.6 is 11.8 Å². The summed E-state index contributed by atoms with van der Waals surface area (Å²) < 4.78 is 3.04. The second kappa shape index (κ2) is 5.78. The SMILES string of the molecule is CSc1ncc2c(=O)n3c(nc2n1)c1c(O)cccc1n3-c1ccccn1. The average Bonchev–Trinajstić information content (AvgIpc) is 3.04. The minimum absolute atomic E-state index is 0.0325. The minimum atomic E-state index is -0.330. The molecule has 0 saturated heterocycles. The first-order valence-electron chi connectivity index (χ1n) is 8.06. The van der Waals surface area contributed by atoms with Crippen molar-refractivity contribution >= 4 is 39.3 Å². The van der Waals surface area contributed by atoms with E-state index in [1.165, 1.54) is 22.5 Å². The first-order chi connectivity index (χ1) is 13.2. The van der Waals surface area contributed by atoms with E-state index in [1.807, 2.05) is 18.4 Å². The zero-order valence-electron chi connectivity index (χ0n) is 14.1. The quantitative estimate of drug-likeness (QED) is 0.373. The fraction of sp³-hybridized carbons (Fsp3) is 0.0556. The van der Waals surface area contributed by atoms with Crippen LogP contribution in [0, 0.1) is 0 Å². The summed E-state index contributed by atoms with van der Waals surface area (Å²) in [5.74, 6) is 0.568. The second-order valence-electron chi connectivity index (χ2n) is 5.82. The summed E-state index contributed by atoms with van der Waals surface area (Å²) in [6, 6.07) is 10.5. The molecule has 132 valence electrons. The van der Waals surface area contributed by atoms with Crippen LogP contribution in [0.2, 0.25) is 0 Å². The van der Waals surface area contributed by atoms with Crippen LogP contribution in [0.3, 0.4) is 0 Å². The molecule has 5 rings (SSSR count). The molecule has 5 aromatic rings. The van der Waals surface area contributed by atoms with Gasteiger partial charge >= 0.3 is 0 Å². The lowest BCUT2D eigenvalue weighted by molar-refractivity contribution is 0.482. The number of pyridine rings is 1. The summed E-state index contributed by atoms with van der Waals surface area (Å²) in [7, 11) is 0. The highest BCUT2D eigenvalue weighted by molar-refractivity contribution is 7.98.